The zero-order chi connectivity index (χ0) is 14.9. The van der Waals surface area contributed by atoms with Crippen molar-refractivity contribution >= 4 is 5.91 Å². The fraction of sp³-hybridized carbons (Fsp3) is 0.933. The number of nitrogens with one attached hydrogen (secondary N) is 1. The lowest BCUT2D eigenvalue weighted by atomic mass is 9.94. The second kappa shape index (κ2) is 9.32. The van der Waals surface area contributed by atoms with Gasteiger partial charge < -0.3 is 16.0 Å². The van der Waals surface area contributed by atoms with Gasteiger partial charge in [-0.25, -0.2) is 0 Å². The van der Waals surface area contributed by atoms with Crippen LogP contribution in [-0.4, -0.2) is 42.0 Å². The molecule has 19 heavy (non-hydrogen) atoms. The predicted molar refractivity (Wildman–Crippen MR) is 82.1 cm³/mol. The number of carbonyl (C=O) groups excluding carboxylic acids is 1. The number of unbranched alkanes of at least 4 members (excludes halogenated alkanes) is 1. The van der Waals surface area contributed by atoms with Gasteiger partial charge in [0.25, 0.3) is 0 Å². The van der Waals surface area contributed by atoms with Crippen LogP contribution in [0.3, 0.4) is 0 Å². The van der Waals surface area contributed by atoms with Crippen molar-refractivity contribution in [3.63, 3.8) is 0 Å². The molecule has 0 saturated heterocycles. The maximum absolute atomic E-state index is 11.5. The molecule has 0 aliphatic heterocycles. The Morgan fingerprint density at radius 3 is 2.32 bits per heavy atom. The molecule has 3 N–H and O–H groups in total. The highest BCUT2D eigenvalue weighted by atomic mass is 16.1. The summed E-state index contributed by atoms with van der Waals surface area (Å²) in [5, 5.41) is 3.21. The maximum Gasteiger partial charge on any atom is 0.237 e. The summed E-state index contributed by atoms with van der Waals surface area (Å²) in [6.07, 6.45) is 4.15. The summed E-state index contributed by atoms with van der Waals surface area (Å²) in [7, 11) is 0. The van der Waals surface area contributed by atoms with Crippen molar-refractivity contribution in [3.8, 4) is 0 Å². The van der Waals surface area contributed by atoms with Gasteiger partial charge in [-0.2, -0.15) is 0 Å². The molecule has 0 aromatic rings. The summed E-state index contributed by atoms with van der Waals surface area (Å²) < 4.78 is 0. The Hall–Kier alpha value is -0.610. The van der Waals surface area contributed by atoms with E-state index in [0.717, 1.165) is 38.9 Å². The molecule has 114 valence electrons. The molecule has 0 bridgehead atoms. The largest absolute Gasteiger partial charge is 0.368 e. The molecule has 0 spiro atoms. The minimum absolute atomic E-state index is 0.247. The Balaban J connectivity index is 4.09. The normalized spacial score (nSPS) is 14.9. The third-order valence-corrected chi connectivity index (χ3v) is 3.72. The number of rotatable bonds is 11. The van der Waals surface area contributed by atoms with Crippen LogP contribution in [0, 0.1) is 0 Å². The number of hydrogen-bond acceptors (Lipinski definition) is 3. The van der Waals surface area contributed by atoms with E-state index in [4.69, 9.17) is 5.73 Å². The Labute approximate surface area is 119 Å². The number of primary amides is 1. The monoisotopic (exact) mass is 271 g/mol. The van der Waals surface area contributed by atoms with E-state index in [2.05, 4.69) is 31.0 Å². The number of carbonyl (C=O) groups is 1. The molecule has 0 rings (SSSR count). The number of likely N-dealkylation sites (N-methyl/N-ethyl adjacent to an activating group) is 1. The van der Waals surface area contributed by atoms with E-state index >= 15 is 0 Å². The minimum atomic E-state index is -0.553. The van der Waals surface area contributed by atoms with Crippen molar-refractivity contribution in [2.45, 2.75) is 71.9 Å². The zero-order valence-corrected chi connectivity index (χ0v) is 13.5. The van der Waals surface area contributed by atoms with Gasteiger partial charge in [0.15, 0.2) is 0 Å². The van der Waals surface area contributed by atoms with Crippen molar-refractivity contribution < 1.29 is 4.79 Å². The summed E-state index contributed by atoms with van der Waals surface area (Å²) in [6, 6.07) is 0.594. The molecule has 1 atom stereocenters. The molecule has 1 unspecified atom stereocenters. The molecule has 0 heterocycles. The molecule has 0 aliphatic rings. The zero-order valence-electron chi connectivity index (χ0n) is 13.5. The van der Waals surface area contributed by atoms with Gasteiger partial charge in [0, 0.05) is 6.04 Å². The molecule has 0 radical (unpaired) electrons. The average Bonchev–Trinajstić information content (AvgIpc) is 2.33. The lowest BCUT2D eigenvalue weighted by Gasteiger charge is -2.29. The van der Waals surface area contributed by atoms with Crippen LogP contribution in [0.2, 0.25) is 0 Å². The van der Waals surface area contributed by atoms with Crippen LogP contribution < -0.4 is 11.1 Å². The Morgan fingerprint density at radius 2 is 1.89 bits per heavy atom. The molecule has 1 amide bonds. The van der Waals surface area contributed by atoms with Crippen molar-refractivity contribution in [1.29, 1.82) is 0 Å². The molecular formula is C15H33N3O. The van der Waals surface area contributed by atoms with E-state index < -0.39 is 5.54 Å². The number of hydrogen-bond donors (Lipinski definition) is 2. The number of amides is 1. The second-order valence-electron chi connectivity index (χ2n) is 5.81. The molecule has 0 aromatic carbocycles. The first-order chi connectivity index (χ1) is 8.87. The third-order valence-electron chi connectivity index (χ3n) is 3.72. The molecule has 4 heteroatoms. The summed E-state index contributed by atoms with van der Waals surface area (Å²) in [6.45, 7) is 13.6. The Kier molecular flexibility index (Phi) is 9.02. The predicted octanol–water partition coefficient (Wildman–Crippen LogP) is 2.13. The second-order valence-corrected chi connectivity index (χ2v) is 5.81. The first-order valence-corrected chi connectivity index (χ1v) is 7.66. The van der Waals surface area contributed by atoms with E-state index in [9.17, 15) is 4.79 Å². The van der Waals surface area contributed by atoms with Crippen molar-refractivity contribution in [1.82, 2.24) is 10.2 Å². The van der Waals surface area contributed by atoms with E-state index in [1.807, 2.05) is 13.8 Å². The van der Waals surface area contributed by atoms with Gasteiger partial charge >= 0.3 is 0 Å². The van der Waals surface area contributed by atoms with Gasteiger partial charge in [0.2, 0.25) is 5.91 Å². The van der Waals surface area contributed by atoms with E-state index in [-0.39, 0.29) is 5.91 Å². The van der Waals surface area contributed by atoms with Gasteiger partial charge in [-0.1, -0.05) is 13.8 Å². The minimum Gasteiger partial charge on any atom is -0.368 e. The fourth-order valence-corrected chi connectivity index (χ4v) is 2.40. The highest BCUT2D eigenvalue weighted by molar-refractivity contribution is 5.84. The smallest absolute Gasteiger partial charge is 0.237 e. The molecule has 0 aromatic heterocycles. The van der Waals surface area contributed by atoms with Crippen LogP contribution >= 0.6 is 0 Å². The Morgan fingerprint density at radius 1 is 1.26 bits per heavy atom. The van der Waals surface area contributed by atoms with Gasteiger partial charge in [0.1, 0.15) is 0 Å². The van der Waals surface area contributed by atoms with Crippen LogP contribution in [-0.2, 0) is 4.79 Å². The molecule has 0 aliphatic carbocycles. The molecule has 0 fully saturated rings. The van der Waals surface area contributed by atoms with Crippen molar-refractivity contribution in [2.75, 3.05) is 19.6 Å². The summed E-state index contributed by atoms with van der Waals surface area (Å²) in [5.74, 6) is -0.247. The lowest BCUT2D eigenvalue weighted by Crippen LogP contribution is -2.53. The van der Waals surface area contributed by atoms with Gasteiger partial charge in [-0.05, 0) is 66.1 Å². The Bertz CT molecular complexity index is 256. The summed E-state index contributed by atoms with van der Waals surface area (Å²) in [5.41, 5.74) is 4.93. The van der Waals surface area contributed by atoms with Crippen LogP contribution in [0.15, 0.2) is 0 Å². The maximum atomic E-state index is 11.5. The average molecular weight is 271 g/mol. The van der Waals surface area contributed by atoms with Crippen molar-refractivity contribution in [2.24, 2.45) is 5.73 Å². The van der Waals surface area contributed by atoms with Gasteiger partial charge in [0.05, 0.1) is 5.54 Å². The molecule has 0 saturated carbocycles. The highest BCUT2D eigenvalue weighted by Gasteiger charge is 2.28. The van der Waals surface area contributed by atoms with E-state index in [0.29, 0.717) is 6.04 Å². The van der Waals surface area contributed by atoms with Gasteiger partial charge in [-0.3, -0.25) is 4.79 Å². The standard InChI is InChI=1S/C15H33N3O/c1-6-11-18(13(3)4)12-9-8-10-15(5,14(16)19)17-7-2/h13,17H,6-12H2,1-5H3,(H2,16,19). The first kappa shape index (κ1) is 18.4. The van der Waals surface area contributed by atoms with E-state index in [1.165, 1.54) is 6.42 Å². The van der Waals surface area contributed by atoms with Crippen LogP contribution in [0.5, 0.6) is 0 Å². The quantitative estimate of drug-likeness (QED) is 0.566. The van der Waals surface area contributed by atoms with Crippen molar-refractivity contribution in [3.05, 3.63) is 0 Å². The topological polar surface area (TPSA) is 58.4 Å². The van der Waals surface area contributed by atoms with E-state index in [1.54, 1.807) is 0 Å². The van der Waals surface area contributed by atoms with Crippen LogP contribution in [0.4, 0.5) is 0 Å². The van der Waals surface area contributed by atoms with Crippen LogP contribution in [0.1, 0.15) is 60.3 Å². The summed E-state index contributed by atoms with van der Waals surface area (Å²) in [4.78, 5) is 14.0. The third kappa shape index (κ3) is 6.92. The first-order valence-electron chi connectivity index (χ1n) is 7.66. The molecular weight excluding hydrogens is 238 g/mol. The van der Waals surface area contributed by atoms with Gasteiger partial charge in [-0.15, -0.1) is 0 Å². The van der Waals surface area contributed by atoms with Crippen LogP contribution in [0.25, 0.3) is 0 Å². The summed E-state index contributed by atoms with van der Waals surface area (Å²) >= 11 is 0. The lowest BCUT2D eigenvalue weighted by molar-refractivity contribution is -0.124. The number of nitrogens with two attached hydrogens (primary N) is 1. The number of nitrogens with zero attached hydrogens (tertiary/aromatic N) is 1. The molecule has 4 nitrogen and oxygen atoms in total. The highest BCUT2D eigenvalue weighted by Crippen LogP contribution is 2.14. The fourth-order valence-electron chi connectivity index (χ4n) is 2.40. The SMILES string of the molecule is CCCN(CCCCC(C)(NCC)C(N)=O)C(C)C.